The number of benzene rings is 1. The van der Waals surface area contributed by atoms with Gasteiger partial charge in [0.25, 0.3) is 0 Å². The highest BCUT2D eigenvalue weighted by atomic mass is 16.5. The Morgan fingerprint density at radius 2 is 2.00 bits per heavy atom. The molecule has 0 unspecified atom stereocenters. The van der Waals surface area contributed by atoms with E-state index < -0.39 is 17.9 Å². The van der Waals surface area contributed by atoms with Crippen molar-refractivity contribution in [3.63, 3.8) is 0 Å². The summed E-state index contributed by atoms with van der Waals surface area (Å²) in [6.45, 7) is 0.352. The summed E-state index contributed by atoms with van der Waals surface area (Å²) in [6, 6.07) is 6.81. The number of urea groups is 1. The highest BCUT2D eigenvalue weighted by Crippen LogP contribution is 2.12. The number of nitrogens with one attached hydrogen (secondary N) is 2. The minimum atomic E-state index is -1.08. The molecule has 1 rings (SSSR count). The smallest absolute Gasteiger partial charge is 0.321 e. The molecule has 1 aromatic rings. The van der Waals surface area contributed by atoms with Crippen LogP contribution in [0.2, 0.25) is 0 Å². The van der Waals surface area contributed by atoms with Crippen molar-refractivity contribution in [2.24, 2.45) is 0 Å². The molecule has 0 atom stereocenters. The maximum Gasteiger partial charge on any atom is 0.321 e. The van der Waals surface area contributed by atoms with Crippen molar-refractivity contribution in [3.05, 3.63) is 29.8 Å². The van der Waals surface area contributed by atoms with E-state index in [1.165, 1.54) is 0 Å². The predicted molar refractivity (Wildman–Crippen MR) is 75.1 cm³/mol. The number of methoxy groups -OCH3 is 1. The third-order valence-electron chi connectivity index (χ3n) is 2.65. The van der Waals surface area contributed by atoms with Gasteiger partial charge in [0.2, 0.25) is 5.91 Å². The van der Waals surface area contributed by atoms with E-state index in [0.717, 1.165) is 11.3 Å². The summed E-state index contributed by atoms with van der Waals surface area (Å²) in [5.41, 5.74) is 0.992. The molecule has 114 valence electrons. The molecular formula is C14H18N2O5. The standard InChI is InChI=1S/C14H18N2O5/c1-21-11-4-2-3-10(9-11)7-8-15-14(20)16-12(17)5-6-13(18)19/h2-4,9H,5-8H2,1H3,(H,18,19)(H2,15,16,17,20). The molecule has 0 saturated carbocycles. The number of carbonyl (C=O) groups excluding carboxylic acids is 2. The van der Waals surface area contributed by atoms with Crippen LogP contribution in [0.25, 0.3) is 0 Å². The Balaban J connectivity index is 2.26. The van der Waals surface area contributed by atoms with Gasteiger partial charge in [-0.15, -0.1) is 0 Å². The van der Waals surface area contributed by atoms with Gasteiger partial charge in [0.1, 0.15) is 5.75 Å². The maximum absolute atomic E-state index is 11.4. The number of carboxylic acid groups (broad SMARTS) is 1. The van der Waals surface area contributed by atoms with Crippen molar-refractivity contribution in [1.29, 1.82) is 0 Å². The first-order valence-corrected chi connectivity index (χ1v) is 6.43. The molecule has 21 heavy (non-hydrogen) atoms. The summed E-state index contributed by atoms with van der Waals surface area (Å²) in [4.78, 5) is 32.9. The van der Waals surface area contributed by atoms with Crippen LogP contribution in [0.1, 0.15) is 18.4 Å². The predicted octanol–water partition coefficient (Wildman–Crippen LogP) is 0.928. The van der Waals surface area contributed by atoms with Crippen LogP contribution in [0.4, 0.5) is 4.79 Å². The second kappa shape index (κ2) is 8.57. The number of carboxylic acids is 1. The topological polar surface area (TPSA) is 105 Å². The van der Waals surface area contributed by atoms with Crippen LogP contribution in [-0.4, -0.2) is 36.7 Å². The molecule has 0 fully saturated rings. The molecule has 0 bridgehead atoms. The Labute approximate surface area is 122 Å². The van der Waals surface area contributed by atoms with E-state index in [2.05, 4.69) is 10.6 Å². The molecule has 7 nitrogen and oxygen atoms in total. The van der Waals surface area contributed by atoms with Crippen molar-refractivity contribution in [1.82, 2.24) is 10.6 Å². The lowest BCUT2D eigenvalue weighted by Crippen LogP contribution is -2.40. The Hall–Kier alpha value is -2.57. The Kier molecular flexibility index (Phi) is 6.73. The van der Waals surface area contributed by atoms with E-state index in [0.29, 0.717) is 13.0 Å². The quantitative estimate of drug-likeness (QED) is 0.694. The van der Waals surface area contributed by atoms with E-state index in [4.69, 9.17) is 9.84 Å². The van der Waals surface area contributed by atoms with Gasteiger partial charge < -0.3 is 15.2 Å². The van der Waals surface area contributed by atoms with Crippen molar-refractivity contribution < 1.29 is 24.2 Å². The average Bonchev–Trinajstić information content (AvgIpc) is 2.45. The zero-order valence-electron chi connectivity index (χ0n) is 11.7. The van der Waals surface area contributed by atoms with Gasteiger partial charge in [0.15, 0.2) is 0 Å². The molecule has 0 aliphatic carbocycles. The minimum Gasteiger partial charge on any atom is -0.497 e. The van der Waals surface area contributed by atoms with Gasteiger partial charge in [0, 0.05) is 13.0 Å². The second-order valence-electron chi connectivity index (χ2n) is 4.30. The molecule has 0 radical (unpaired) electrons. The summed E-state index contributed by atoms with van der Waals surface area (Å²) in [5, 5.41) is 13.0. The molecule has 0 aliphatic heterocycles. The van der Waals surface area contributed by atoms with Gasteiger partial charge in [-0.3, -0.25) is 14.9 Å². The fourth-order valence-corrected chi connectivity index (χ4v) is 1.60. The number of ether oxygens (including phenoxy) is 1. The fraction of sp³-hybridized carbons (Fsp3) is 0.357. The number of hydrogen-bond donors (Lipinski definition) is 3. The highest BCUT2D eigenvalue weighted by Gasteiger charge is 2.09. The molecule has 0 heterocycles. The van der Waals surface area contributed by atoms with Crippen LogP contribution in [0.3, 0.4) is 0 Å². The normalized spacial score (nSPS) is 9.76. The lowest BCUT2D eigenvalue weighted by atomic mass is 10.1. The first kappa shape index (κ1) is 16.5. The summed E-state index contributed by atoms with van der Waals surface area (Å²) in [6.07, 6.45) is 0.0650. The number of carbonyl (C=O) groups is 3. The van der Waals surface area contributed by atoms with Gasteiger partial charge in [0.05, 0.1) is 13.5 Å². The monoisotopic (exact) mass is 294 g/mol. The molecule has 0 spiro atoms. The van der Waals surface area contributed by atoms with Crippen molar-refractivity contribution in [2.75, 3.05) is 13.7 Å². The Morgan fingerprint density at radius 3 is 2.67 bits per heavy atom. The van der Waals surface area contributed by atoms with E-state index in [1.807, 2.05) is 24.3 Å². The average molecular weight is 294 g/mol. The lowest BCUT2D eigenvalue weighted by Gasteiger charge is -2.07. The summed E-state index contributed by atoms with van der Waals surface area (Å²) >= 11 is 0. The van der Waals surface area contributed by atoms with Crippen LogP contribution in [0.15, 0.2) is 24.3 Å². The zero-order chi connectivity index (χ0) is 15.7. The summed E-state index contributed by atoms with van der Waals surface area (Å²) < 4.78 is 5.09. The zero-order valence-corrected chi connectivity index (χ0v) is 11.7. The molecular weight excluding hydrogens is 276 g/mol. The largest absolute Gasteiger partial charge is 0.497 e. The molecule has 1 aromatic carbocycles. The van der Waals surface area contributed by atoms with Crippen molar-refractivity contribution in [3.8, 4) is 5.75 Å². The Morgan fingerprint density at radius 1 is 1.24 bits per heavy atom. The SMILES string of the molecule is COc1cccc(CCNC(=O)NC(=O)CCC(=O)O)c1. The molecule has 3 amide bonds. The van der Waals surface area contributed by atoms with Crippen LogP contribution < -0.4 is 15.4 Å². The first-order chi connectivity index (χ1) is 10.0. The van der Waals surface area contributed by atoms with Crippen molar-refractivity contribution in [2.45, 2.75) is 19.3 Å². The third kappa shape index (κ3) is 6.95. The number of amides is 3. The van der Waals surface area contributed by atoms with E-state index >= 15 is 0 Å². The van der Waals surface area contributed by atoms with E-state index in [-0.39, 0.29) is 12.8 Å². The second-order valence-corrected chi connectivity index (χ2v) is 4.30. The molecule has 0 saturated heterocycles. The first-order valence-electron chi connectivity index (χ1n) is 6.43. The molecule has 0 aliphatic rings. The number of rotatable bonds is 7. The molecule has 3 N–H and O–H groups in total. The Bertz CT molecular complexity index is 516. The molecule has 7 heteroatoms. The number of hydrogen-bond acceptors (Lipinski definition) is 4. The summed E-state index contributed by atoms with van der Waals surface area (Å²) in [7, 11) is 1.58. The highest BCUT2D eigenvalue weighted by molar-refractivity contribution is 5.95. The van der Waals surface area contributed by atoms with Gasteiger partial charge in [-0.2, -0.15) is 0 Å². The van der Waals surface area contributed by atoms with Crippen molar-refractivity contribution >= 4 is 17.9 Å². The van der Waals surface area contributed by atoms with Crippen LogP contribution in [-0.2, 0) is 16.0 Å². The van der Waals surface area contributed by atoms with Gasteiger partial charge in [-0.1, -0.05) is 12.1 Å². The van der Waals surface area contributed by atoms with Gasteiger partial charge in [-0.25, -0.2) is 4.79 Å². The van der Waals surface area contributed by atoms with E-state index in [9.17, 15) is 14.4 Å². The van der Waals surface area contributed by atoms with Crippen LogP contribution in [0, 0.1) is 0 Å². The van der Waals surface area contributed by atoms with Crippen LogP contribution in [0.5, 0.6) is 5.75 Å². The van der Waals surface area contributed by atoms with E-state index in [1.54, 1.807) is 7.11 Å². The number of imide groups is 1. The van der Waals surface area contributed by atoms with Gasteiger partial charge in [-0.05, 0) is 24.1 Å². The fourth-order valence-electron chi connectivity index (χ4n) is 1.60. The minimum absolute atomic E-state index is 0.224. The summed E-state index contributed by atoms with van der Waals surface area (Å²) in [5.74, 6) is -0.958. The van der Waals surface area contributed by atoms with Gasteiger partial charge >= 0.3 is 12.0 Å². The maximum atomic E-state index is 11.4. The lowest BCUT2D eigenvalue weighted by molar-refractivity contribution is -0.138. The third-order valence-corrected chi connectivity index (χ3v) is 2.65. The molecule has 0 aromatic heterocycles. The van der Waals surface area contributed by atoms with Crippen LogP contribution >= 0.6 is 0 Å². The number of aliphatic carboxylic acids is 1.